The molecule has 1 rings (SSSR count). The van der Waals surface area contributed by atoms with Gasteiger partial charge in [-0.3, -0.25) is 4.98 Å². The van der Waals surface area contributed by atoms with Crippen molar-refractivity contribution in [1.82, 2.24) is 4.98 Å². The number of hydrogen-bond donors (Lipinski definition) is 0. The van der Waals surface area contributed by atoms with Crippen LogP contribution in [-0.2, 0) is 9.53 Å². The molecule has 0 radical (unpaired) electrons. The minimum Gasteiger partial charge on any atom is -0.456 e. The van der Waals surface area contributed by atoms with E-state index in [0.717, 1.165) is 11.1 Å². The minimum absolute atomic E-state index is 0.350. The Labute approximate surface area is 83.1 Å². The lowest BCUT2D eigenvalue weighted by Gasteiger charge is -1.94. The molecule has 0 aromatic carbocycles. The van der Waals surface area contributed by atoms with Gasteiger partial charge in [0, 0.05) is 23.9 Å². The number of aromatic nitrogens is 1. The van der Waals surface area contributed by atoms with Crippen molar-refractivity contribution in [1.29, 1.82) is 0 Å². The molecule has 0 atom stereocenters. The van der Waals surface area contributed by atoms with Gasteiger partial charge in [0.1, 0.15) is 0 Å². The Kier molecular flexibility index (Phi) is 3.69. The van der Waals surface area contributed by atoms with Gasteiger partial charge in [-0.25, -0.2) is 4.79 Å². The van der Waals surface area contributed by atoms with Crippen LogP contribution >= 0.6 is 0 Å². The highest BCUT2D eigenvalue weighted by Crippen LogP contribution is 2.01. The topological polar surface area (TPSA) is 39.2 Å². The zero-order valence-electron chi connectivity index (χ0n) is 8.20. The molecule has 0 unspecified atom stereocenters. The summed E-state index contributed by atoms with van der Waals surface area (Å²) in [6, 6.07) is 1.77. The molecule has 0 spiro atoms. The van der Waals surface area contributed by atoms with Crippen molar-refractivity contribution < 1.29 is 9.53 Å². The lowest BCUT2D eigenvalue weighted by atomic mass is 10.2. The normalized spacial score (nSPS) is 8.71. The van der Waals surface area contributed by atoms with Crippen LogP contribution in [0.25, 0.3) is 0 Å². The number of ether oxygens (including phenoxy) is 1. The van der Waals surface area contributed by atoms with Crippen LogP contribution in [0.15, 0.2) is 18.5 Å². The lowest BCUT2D eigenvalue weighted by Crippen LogP contribution is -1.99. The molecular weight excluding hydrogens is 178 g/mol. The third-order valence-corrected chi connectivity index (χ3v) is 1.59. The minimum atomic E-state index is -0.497. The Morgan fingerprint density at radius 2 is 2.43 bits per heavy atom. The summed E-state index contributed by atoms with van der Waals surface area (Å²) in [6.07, 6.45) is 3.34. The van der Waals surface area contributed by atoms with E-state index in [1.165, 1.54) is 0 Å². The van der Waals surface area contributed by atoms with Gasteiger partial charge >= 0.3 is 5.97 Å². The van der Waals surface area contributed by atoms with Crippen LogP contribution in [0.3, 0.4) is 0 Å². The summed E-state index contributed by atoms with van der Waals surface area (Å²) in [6.45, 7) is 3.99. The van der Waals surface area contributed by atoms with Gasteiger partial charge in [0.15, 0.2) is 0 Å². The Bertz CT molecular complexity index is 388. The second-order valence-electron chi connectivity index (χ2n) is 2.66. The second-order valence-corrected chi connectivity index (χ2v) is 2.66. The Balaban J connectivity index is 2.77. The highest BCUT2D eigenvalue weighted by Gasteiger charge is 1.95. The van der Waals surface area contributed by atoms with E-state index in [0.29, 0.717) is 6.61 Å². The number of rotatable bonds is 1. The number of pyridine rings is 1. The van der Waals surface area contributed by atoms with Crippen LogP contribution in [0, 0.1) is 18.8 Å². The van der Waals surface area contributed by atoms with E-state index in [4.69, 9.17) is 0 Å². The van der Waals surface area contributed by atoms with Gasteiger partial charge in [0.25, 0.3) is 0 Å². The van der Waals surface area contributed by atoms with Crippen LogP contribution in [0.1, 0.15) is 18.1 Å². The summed E-state index contributed by atoms with van der Waals surface area (Å²) >= 11 is 0. The van der Waals surface area contributed by atoms with Crippen molar-refractivity contribution in [2.45, 2.75) is 13.8 Å². The quantitative estimate of drug-likeness (QED) is 0.494. The van der Waals surface area contributed by atoms with Gasteiger partial charge in [-0.15, -0.1) is 0 Å². The van der Waals surface area contributed by atoms with Gasteiger partial charge in [-0.2, -0.15) is 0 Å². The van der Waals surface area contributed by atoms with Crippen molar-refractivity contribution >= 4 is 5.97 Å². The van der Waals surface area contributed by atoms with E-state index in [9.17, 15) is 4.79 Å². The highest BCUT2D eigenvalue weighted by atomic mass is 16.5. The number of aryl methyl sites for hydroxylation is 1. The molecular formula is C11H11NO2. The number of carbonyl (C=O) groups excluding carboxylic acids is 1. The zero-order valence-corrected chi connectivity index (χ0v) is 8.20. The monoisotopic (exact) mass is 189 g/mol. The fourth-order valence-electron chi connectivity index (χ4n) is 0.899. The molecule has 0 bridgehead atoms. The average Bonchev–Trinajstić information content (AvgIpc) is 2.17. The van der Waals surface area contributed by atoms with Crippen LogP contribution in [0.5, 0.6) is 0 Å². The van der Waals surface area contributed by atoms with Crippen molar-refractivity contribution in [2.75, 3.05) is 6.61 Å². The largest absolute Gasteiger partial charge is 0.456 e. The fourth-order valence-corrected chi connectivity index (χ4v) is 0.899. The van der Waals surface area contributed by atoms with Crippen molar-refractivity contribution in [3.05, 3.63) is 29.6 Å². The summed E-state index contributed by atoms with van der Waals surface area (Å²) in [5.41, 5.74) is 1.75. The molecule has 14 heavy (non-hydrogen) atoms. The van der Waals surface area contributed by atoms with Gasteiger partial charge in [-0.1, -0.05) is 5.92 Å². The number of hydrogen-bond acceptors (Lipinski definition) is 3. The maximum Gasteiger partial charge on any atom is 0.384 e. The first kappa shape index (κ1) is 10.3. The molecule has 0 fully saturated rings. The maximum atomic E-state index is 10.9. The second kappa shape index (κ2) is 5.03. The number of carbonyl (C=O) groups is 1. The Morgan fingerprint density at radius 3 is 3.07 bits per heavy atom. The molecule has 1 aromatic heterocycles. The average molecular weight is 189 g/mol. The van der Waals surface area contributed by atoms with Crippen LogP contribution in [0.4, 0.5) is 0 Å². The van der Waals surface area contributed by atoms with Gasteiger partial charge in [-0.05, 0) is 25.5 Å². The SMILES string of the molecule is CCOC(=O)C#Cc1ccncc1C. The summed E-state index contributed by atoms with van der Waals surface area (Å²) in [5, 5.41) is 0. The fraction of sp³-hybridized carbons (Fsp3) is 0.273. The number of nitrogens with zero attached hydrogens (tertiary/aromatic N) is 1. The highest BCUT2D eigenvalue weighted by molar-refractivity contribution is 5.89. The first-order chi connectivity index (χ1) is 6.74. The summed E-state index contributed by atoms with van der Waals surface area (Å²) in [5.74, 6) is 4.64. The molecule has 1 heterocycles. The lowest BCUT2D eigenvalue weighted by molar-refractivity contribution is -0.136. The van der Waals surface area contributed by atoms with Crippen LogP contribution < -0.4 is 0 Å². The van der Waals surface area contributed by atoms with Crippen molar-refractivity contribution in [2.24, 2.45) is 0 Å². The Hall–Kier alpha value is -1.82. The third-order valence-electron chi connectivity index (χ3n) is 1.59. The van der Waals surface area contributed by atoms with Gasteiger partial charge in [0.2, 0.25) is 0 Å². The molecule has 0 aliphatic rings. The molecule has 0 amide bonds. The molecule has 0 saturated heterocycles. The van der Waals surface area contributed by atoms with Crippen molar-refractivity contribution in [3.63, 3.8) is 0 Å². The third kappa shape index (κ3) is 2.91. The Morgan fingerprint density at radius 1 is 1.64 bits per heavy atom. The summed E-state index contributed by atoms with van der Waals surface area (Å²) in [7, 11) is 0. The van der Waals surface area contributed by atoms with Crippen LogP contribution in [-0.4, -0.2) is 17.6 Å². The molecule has 72 valence electrons. The zero-order chi connectivity index (χ0) is 10.4. The van der Waals surface area contributed by atoms with E-state index in [-0.39, 0.29) is 0 Å². The van der Waals surface area contributed by atoms with Crippen molar-refractivity contribution in [3.8, 4) is 11.8 Å². The molecule has 0 aliphatic heterocycles. The van der Waals surface area contributed by atoms with E-state index in [1.54, 1.807) is 25.4 Å². The molecule has 0 saturated carbocycles. The summed E-state index contributed by atoms with van der Waals surface area (Å²) < 4.78 is 4.68. The van der Waals surface area contributed by atoms with E-state index in [2.05, 4.69) is 21.6 Å². The molecule has 0 aliphatic carbocycles. The first-order valence-electron chi connectivity index (χ1n) is 4.33. The van der Waals surface area contributed by atoms with E-state index < -0.39 is 5.97 Å². The predicted octanol–water partition coefficient (Wildman–Crippen LogP) is 1.30. The maximum absolute atomic E-state index is 10.9. The standard InChI is InChI=1S/C11H11NO2/c1-3-14-11(13)5-4-10-6-7-12-8-9(10)2/h6-8H,3H2,1-2H3. The van der Waals surface area contributed by atoms with E-state index in [1.807, 2.05) is 6.92 Å². The smallest absolute Gasteiger partial charge is 0.384 e. The predicted molar refractivity (Wildman–Crippen MR) is 52.5 cm³/mol. The van der Waals surface area contributed by atoms with Crippen LogP contribution in [0.2, 0.25) is 0 Å². The van der Waals surface area contributed by atoms with Gasteiger partial charge < -0.3 is 4.74 Å². The first-order valence-corrected chi connectivity index (χ1v) is 4.33. The molecule has 0 N–H and O–H groups in total. The summed E-state index contributed by atoms with van der Waals surface area (Å²) in [4.78, 5) is 14.8. The van der Waals surface area contributed by atoms with Gasteiger partial charge in [0.05, 0.1) is 6.61 Å². The molecule has 3 heteroatoms. The molecule has 1 aromatic rings. The van der Waals surface area contributed by atoms with E-state index >= 15 is 0 Å². The molecule has 3 nitrogen and oxygen atoms in total. The number of esters is 1.